The van der Waals surface area contributed by atoms with Gasteiger partial charge in [-0.1, -0.05) is 6.07 Å². The zero-order valence-electron chi connectivity index (χ0n) is 20.4. The Morgan fingerprint density at radius 3 is 2.76 bits per heavy atom. The van der Waals surface area contributed by atoms with Gasteiger partial charge in [0.1, 0.15) is 16.9 Å². The second-order valence-corrected chi connectivity index (χ2v) is 9.66. The molecular weight excluding hydrogens is 466 g/mol. The highest BCUT2D eigenvalue weighted by atomic mass is 16.5. The minimum atomic E-state index is -0.771. The minimum absolute atomic E-state index is 0.226. The molecule has 2 aliphatic heterocycles. The van der Waals surface area contributed by atoms with E-state index in [1.807, 2.05) is 31.2 Å². The van der Waals surface area contributed by atoms with Crippen LogP contribution in [0.15, 0.2) is 55.0 Å². The summed E-state index contributed by atoms with van der Waals surface area (Å²) < 4.78 is 5.55. The van der Waals surface area contributed by atoms with E-state index in [-0.39, 0.29) is 12.5 Å². The topological polar surface area (TPSA) is 117 Å². The van der Waals surface area contributed by atoms with E-state index < -0.39 is 5.41 Å². The summed E-state index contributed by atoms with van der Waals surface area (Å²) in [6.45, 7) is 4.88. The van der Waals surface area contributed by atoms with E-state index in [0.717, 1.165) is 46.6 Å². The molecule has 6 rings (SSSR count). The van der Waals surface area contributed by atoms with E-state index in [9.17, 15) is 10.1 Å². The molecule has 5 heterocycles. The first kappa shape index (κ1) is 23.0. The van der Waals surface area contributed by atoms with Crippen molar-refractivity contribution in [3.8, 4) is 17.5 Å². The van der Waals surface area contributed by atoms with Crippen molar-refractivity contribution in [3.63, 3.8) is 0 Å². The fourth-order valence-corrected chi connectivity index (χ4v) is 4.62. The standard InChI is InChI=1S/C28H25N7O2/c1-28(16-29)17-37-15-20-4-3-18(9-22(20)28)27(36)33-12-21-10-24-19(11-30-21)5-6-23(34-24)25-13-32-26(14-31-25)35-7-2-8-35/h3-6,9-11,13-14H,2,7-8,12,15,17H2,1H3,(H,33,36)/t28-/m1/s1. The van der Waals surface area contributed by atoms with Gasteiger partial charge in [-0.15, -0.1) is 0 Å². The quantitative estimate of drug-likeness (QED) is 0.451. The highest BCUT2D eigenvalue weighted by Crippen LogP contribution is 2.32. The average Bonchev–Trinajstić information content (AvgIpc) is 2.91. The molecule has 0 saturated carbocycles. The molecule has 1 saturated heterocycles. The number of benzene rings is 1. The number of nitrogens with zero attached hydrogens (tertiary/aromatic N) is 6. The number of carbonyl (C=O) groups excluding carboxylic acids is 1. The lowest BCUT2D eigenvalue weighted by Crippen LogP contribution is -2.37. The monoisotopic (exact) mass is 491 g/mol. The summed E-state index contributed by atoms with van der Waals surface area (Å²) in [5, 5.41) is 13.5. The van der Waals surface area contributed by atoms with Crippen molar-refractivity contribution in [2.24, 2.45) is 0 Å². The van der Waals surface area contributed by atoms with Crippen LogP contribution in [-0.2, 0) is 23.3 Å². The van der Waals surface area contributed by atoms with Crippen molar-refractivity contribution < 1.29 is 9.53 Å². The van der Waals surface area contributed by atoms with E-state index in [2.05, 4.69) is 31.2 Å². The molecule has 1 fully saturated rings. The largest absolute Gasteiger partial charge is 0.375 e. The third kappa shape index (κ3) is 4.36. The maximum absolute atomic E-state index is 12.9. The second-order valence-electron chi connectivity index (χ2n) is 9.66. The van der Waals surface area contributed by atoms with Gasteiger partial charge in [-0.3, -0.25) is 9.78 Å². The van der Waals surface area contributed by atoms with Crippen LogP contribution < -0.4 is 10.2 Å². The van der Waals surface area contributed by atoms with Gasteiger partial charge in [0.25, 0.3) is 5.91 Å². The summed E-state index contributed by atoms with van der Waals surface area (Å²) in [5.41, 5.74) is 4.41. The highest BCUT2D eigenvalue weighted by molar-refractivity contribution is 5.94. The Morgan fingerprint density at radius 1 is 1.11 bits per heavy atom. The number of rotatable bonds is 5. The van der Waals surface area contributed by atoms with E-state index >= 15 is 0 Å². The van der Waals surface area contributed by atoms with Crippen LogP contribution in [0.25, 0.3) is 22.3 Å². The molecule has 3 aromatic heterocycles. The molecule has 1 atom stereocenters. The van der Waals surface area contributed by atoms with Crippen LogP contribution in [0.1, 0.15) is 40.5 Å². The maximum atomic E-state index is 12.9. The fourth-order valence-electron chi connectivity index (χ4n) is 4.62. The maximum Gasteiger partial charge on any atom is 0.251 e. The van der Waals surface area contributed by atoms with Crippen molar-refractivity contribution in [2.75, 3.05) is 24.6 Å². The van der Waals surface area contributed by atoms with Crippen LogP contribution in [0, 0.1) is 11.3 Å². The number of fused-ring (bicyclic) bond motifs is 2. The van der Waals surface area contributed by atoms with E-state index in [1.165, 1.54) is 6.42 Å². The molecule has 0 aliphatic carbocycles. The van der Waals surface area contributed by atoms with E-state index in [1.54, 1.807) is 30.7 Å². The third-order valence-corrected chi connectivity index (χ3v) is 7.00. The molecule has 0 spiro atoms. The SMILES string of the molecule is C[C@@]1(C#N)COCc2ccc(C(=O)NCc3cc4nc(-c5cnc(N6CCC6)cn5)ccc4cn3)cc21. The molecule has 1 aromatic carbocycles. The Kier molecular flexibility index (Phi) is 5.74. The second kappa shape index (κ2) is 9.22. The number of hydrogen-bond donors (Lipinski definition) is 1. The predicted octanol–water partition coefficient (Wildman–Crippen LogP) is 3.54. The number of amides is 1. The van der Waals surface area contributed by atoms with Gasteiger partial charge in [0.15, 0.2) is 0 Å². The highest BCUT2D eigenvalue weighted by Gasteiger charge is 2.33. The van der Waals surface area contributed by atoms with Gasteiger partial charge in [-0.2, -0.15) is 5.26 Å². The molecule has 1 N–H and O–H groups in total. The normalized spacial score (nSPS) is 18.5. The van der Waals surface area contributed by atoms with Crippen LogP contribution in [0.4, 0.5) is 5.82 Å². The van der Waals surface area contributed by atoms with Crippen LogP contribution in [0.2, 0.25) is 0 Å². The number of aromatic nitrogens is 4. The number of hydrogen-bond acceptors (Lipinski definition) is 8. The summed E-state index contributed by atoms with van der Waals surface area (Å²) >= 11 is 0. The van der Waals surface area contributed by atoms with Crippen molar-refractivity contribution in [1.29, 1.82) is 5.26 Å². The van der Waals surface area contributed by atoms with Crippen molar-refractivity contribution in [2.45, 2.75) is 31.9 Å². The van der Waals surface area contributed by atoms with Gasteiger partial charge in [-0.05, 0) is 54.8 Å². The Hall–Kier alpha value is -4.42. The fraction of sp³-hybridized carbons (Fsp3) is 0.286. The summed E-state index contributed by atoms with van der Waals surface area (Å²) in [6, 6.07) is 13.5. The van der Waals surface area contributed by atoms with Crippen molar-refractivity contribution in [3.05, 3.63) is 77.4 Å². The summed E-state index contributed by atoms with van der Waals surface area (Å²) in [4.78, 5) is 33.4. The molecule has 9 heteroatoms. The van der Waals surface area contributed by atoms with Crippen LogP contribution >= 0.6 is 0 Å². The van der Waals surface area contributed by atoms with Gasteiger partial charge >= 0.3 is 0 Å². The third-order valence-electron chi connectivity index (χ3n) is 7.00. The van der Waals surface area contributed by atoms with E-state index in [4.69, 9.17) is 9.72 Å². The van der Waals surface area contributed by atoms with Crippen LogP contribution in [0.5, 0.6) is 0 Å². The lowest BCUT2D eigenvalue weighted by Gasteiger charge is -2.31. The lowest BCUT2D eigenvalue weighted by molar-refractivity contribution is 0.0757. The van der Waals surface area contributed by atoms with Gasteiger partial charge in [-0.25, -0.2) is 15.0 Å². The molecule has 9 nitrogen and oxygen atoms in total. The smallest absolute Gasteiger partial charge is 0.251 e. The number of anilines is 1. The molecule has 1 amide bonds. The Morgan fingerprint density at radius 2 is 2.00 bits per heavy atom. The van der Waals surface area contributed by atoms with Crippen molar-refractivity contribution >= 4 is 22.6 Å². The minimum Gasteiger partial charge on any atom is -0.375 e. The zero-order chi connectivity index (χ0) is 25.4. The first-order valence-electron chi connectivity index (χ1n) is 12.3. The first-order chi connectivity index (χ1) is 18.0. The van der Waals surface area contributed by atoms with Crippen molar-refractivity contribution in [1.82, 2.24) is 25.3 Å². The first-order valence-corrected chi connectivity index (χ1v) is 12.3. The van der Waals surface area contributed by atoms with Crippen LogP contribution in [-0.4, -0.2) is 45.5 Å². The zero-order valence-corrected chi connectivity index (χ0v) is 20.4. The molecule has 2 aliphatic rings. The molecule has 0 bridgehead atoms. The number of ether oxygens (including phenoxy) is 1. The number of pyridine rings is 2. The Labute approximate surface area is 214 Å². The van der Waals surface area contributed by atoms with Gasteiger partial charge < -0.3 is 15.0 Å². The van der Waals surface area contributed by atoms with E-state index in [0.29, 0.717) is 30.2 Å². The molecule has 0 radical (unpaired) electrons. The number of carbonyl (C=O) groups is 1. The lowest BCUT2D eigenvalue weighted by atomic mass is 9.79. The number of nitrogens with one attached hydrogen (secondary N) is 1. The number of nitriles is 1. The molecule has 37 heavy (non-hydrogen) atoms. The Balaban J connectivity index is 1.18. The Bertz CT molecular complexity index is 1540. The molecule has 4 aromatic rings. The predicted molar refractivity (Wildman–Crippen MR) is 138 cm³/mol. The molecule has 184 valence electrons. The summed E-state index contributed by atoms with van der Waals surface area (Å²) in [5.74, 6) is 0.665. The molecule has 0 unspecified atom stereocenters. The summed E-state index contributed by atoms with van der Waals surface area (Å²) in [6.07, 6.45) is 6.49. The van der Waals surface area contributed by atoms with Gasteiger partial charge in [0.2, 0.25) is 0 Å². The van der Waals surface area contributed by atoms with Gasteiger partial charge in [0, 0.05) is 30.2 Å². The average molecular weight is 492 g/mol. The van der Waals surface area contributed by atoms with Gasteiger partial charge in [0.05, 0.1) is 55.1 Å². The van der Waals surface area contributed by atoms with Crippen LogP contribution in [0.3, 0.4) is 0 Å². The summed E-state index contributed by atoms with van der Waals surface area (Å²) in [7, 11) is 0. The molecular formula is C28H25N7O2.